The minimum absolute atomic E-state index is 0.115. The molecule has 1 aromatic heterocycles. The van der Waals surface area contributed by atoms with Crippen molar-refractivity contribution in [2.24, 2.45) is 0 Å². The molecule has 1 aliphatic carbocycles. The number of hydrogen-bond donors (Lipinski definition) is 0. The van der Waals surface area contributed by atoms with Gasteiger partial charge >= 0.3 is 0 Å². The molecule has 0 unspecified atom stereocenters. The highest BCUT2D eigenvalue weighted by molar-refractivity contribution is 6.10. The number of rotatable bonds is 7. The molecule has 0 atom stereocenters. The maximum absolute atomic E-state index is 2.42. The summed E-state index contributed by atoms with van der Waals surface area (Å²) in [6.45, 7) is 4.71. The molecule has 258 valence electrons. The van der Waals surface area contributed by atoms with E-state index in [1.54, 1.807) is 0 Å². The molecule has 8 aromatic carbocycles. The molecule has 1 aliphatic rings. The second kappa shape index (κ2) is 12.7. The van der Waals surface area contributed by atoms with Crippen LogP contribution >= 0.6 is 0 Å². The van der Waals surface area contributed by atoms with Crippen molar-refractivity contribution in [2.45, 2.75) is 19.3 Å². The van der Waals surface area contributed by atoms with Crippen LogP contribution in [0.5, 0.6) is 0 Å². The minimum atomic E-state index is -0.115. The predicted octanol–water partition coefficient (Wildman–Crippen LogP) is 14.0. The van der Waals surface area contributed by atoms with Crippen LogP contribution in [0.3, 0.4) is 0 Å². The Kier molecular flexibility index (Phi) is 7.48. The Labute approximate surface area is 316 Å². The van der Waals surface area contributed by atoms with Gasteiger partial charge in [-0.1, -0.05) is 117 Å². The van der Waals surface area contributed by atoms with Crippen molar-refractivity contribution in [1.29, 1.82) is 0 Å². The van der Waals surface area contributed by atoms with Gasteiger partial charge in [0.15, 0.2) is 0 Å². The topological polar surface area (TPSA) is 11.4 Å². The fourth-order valence-corrected chi connectivity index (χ4v) is 8.59. The number of para-hydroxylation sites is 4. The van der Waals surface area contributed by atoms with Crippen LogP contribution in [0, 0.1) is 0 Å². The van der Waals surface area contributed by atoms with E-state index in [9.17, 15) is 0 Å². The summed E-state index contributed by atoms with van der Waals surface area (Å²) in [5, 5.41) is 2.46. The molecule has 0 amide bonds. The van der Waals surface area contributed by atoms with Crippen molar-refractivity contribution in [3.63, 3.8) is 0 Å². The fourth-order valence-electron chi connectivity index (χ4n) is 8.59. The van der Waals surface area contributed by atoms with Crippen LogP contribution in [0.1, 0.15) is 25.0 Å². The van der Waals surface area contributed by atoms with Gasteiger partial charge in [-0.2, -0.15) is 0 Å². The lowest BCUT2D eigenvalue weighted by Gasteiger charge is -2.29. The Morgan fingerprint density at radius 3 is 1.50 bits per heavy atom. The Balaban J connectivity index is 1.16. The van der Waals surface area contributed by atoms with Gasteiger partial charge in [0.1, 0.15) is 0 Å². The van der Waals surface area contributed by atoms with E-state index >= 15 is 0 Å². The van der Waals surface area contributed by atoms with Gasteiger partial charge < -0.3 is 14.4 Å². The Bertz CT molecular complexity index is 2740. The summed E-state index contributed by atoms with van der Waals surface area (Å²) >= 11 is 0. The monoisotopic (exact) mass is 693 g/mol. The van der Waals surface area contributed by atoms with Gasteiger partial charge in [0, 0.05) is 56.0 Å². The van der Waals surface area contributed by atoms with E-state index in [1.165, 1.54) is 44.1 Å². The molecular formula is C51H39N3. The molecular weight excluding hydrogens is 655 g/mol. The number of fused-ring (bicyclic) bond motifs is 6. The van der Waals surface area contributed by atoms with Crippen LogP contribution in [0.2, 0.25) is 0 Å². The largest absolute Gasteiger partial charge is 0.311 e. The zero-order chi connectivity index (χ0) is 36.2. The highest BCUT2D eigenvalue weighted by Crippen LogP contribution is 2.51. The van der Waals surface area contributed by atoms with E-state index in [-0.39, 0.29) is 5.41 Å². The Morgan fingerprint density at radius 2 is 0.815 bits per heavy atom. The van der Waals surface area contributed by atoms with E-state index in [4.69, 9.17) is 0 Å². The smallest absolute Gasteiger partial charge is 0.0542 e. The van der Waals surface area contributed by atoms with E-state index in [0.717, 1.165) is 39.8 Å². The van der Waals surface area contributed by atoms with Crippen molar-refractivity contribution in [1.82, 2.24) is 4.57 Å². The van der Waals surface area contributed by atoms with Gasteiger partial charge in [-0.3, -0.25) is 0 Å². The summed E-state index contributed by atoms with van der Waals surface area (Å²) in [5.41, 5.74) is 15.5. The molecule has 0 saturated heterocycles. The molecule has 0 spiro atoms. The van der Waals surface area contributed by atoms with Crippen molar-refractivity contribution in [2.75, 3.05) is 9.80 Å². The quantitative estimate of drug-likeness (QED) is 0.165. The summed E-state index contributed by atoms with van der Waals surface area (Å²) in [5.74, 6) is 0. The second-order valence-electron chi connectivity index (χ2n) is 14.6. The van der Waals surface area contributed by atoms with Gasteiger partial charge in [-0.05, 0) is 119 Å². The molecule has 3 heteroatoms. The molecule has 0 fully saturated rings. The third kappa shape index (κ3) is 5.12. The van der Waals surface area contributed by atoms with E-state index in [0.29, 0.717) is 0 Å². The molecule has 10 rings (SSSR count). The van der Waals surface area contributed by atoms with Gasteiger partial charge in [0.2, 0.25) is 0 Å². The second-order valence-corrected chi connectivity index (χ2v) is 14.6. The van der Waals surface area contributed by atoms with Crippen molar-refractivity contribution in [3.8, 4) is 16.8 Å². The zero-order valence-electron chi connectivity index (χ0n) is 30.4. The molecule has 0 radical (unpaired) electrons. The summed E-state index contributed by atoms with van der Waals surface area (Å²) < 4.78 is 2.38. The maximum atomic E-state index is 2.42. The average Bonchev–Trinajstić information content (AvgIpc) is 3.68. The van der Waals surface area contributed by atoms with Crippen LogP contribution in [0.25, 0.3) is 38.6 Å². The van der Waals surface area contributed by atoms with Crippen LogP contribution < -0.4 is 9.80 Å². The average molecular weight is 694 g/mol. The molecule has 3 nitrogen and oxygen atoms in total. The number of benzene rings is 8. The number of anilines is 6. The third-order valence-electron chi connectivity index (χ3n) is 11.1. The molecule has 9 aromatic rings. The number of hydrogen-bond acceptors (Lipinski definition) is 2. The standard InChI is InChI=1S/C51H39N3/c1-51(2)47-24-14-12-22-43(47)44-32-30-42(35-48(44)51)53(40-28-26-39(27-29-40)52(36-16-6-3-7-17-36)37-18-8-4-9-19-37)41-31-33-50-46(34-41)45-23-13-15-25-49(45)54(50)38-20-10-5-11-21-38/h3-35H,1-2H3. The zero-order valence-corrected chi connectivity index (χ0v) is 30.4. The van der Waals surface area contributed by atoms with E-state index in [2.05, 4.69) is 228 Å². The molecule has 0 saturated carbocycles. The van der Waals surface area contributed by atoms with E-state index in [1.807, 2.05) is 0 Å². The lowest BCUT2D eigenvalue weighted by atomic mass is 9.82. The van der Waals surface area contributed by atoms with Crippen LogP contribution in [0.4, 0.5) is 34.1 Å². The molecule has 0 aliphatic heterocycles. The predicted molar refractivity (Wildman–Crippen MR) is 228 cm³/mol. The highest BCUT2D eigenvalue weighted by Gasteiger charge is 2.35. The Hall–Kier alpha value is -6.84. The summed E-state index contributed by atoms with van der Waals surface area (Å²) in [6.07, 6.45) is 0. The normalized spacial score (nSPS) is 12.8. The summed E-state index contributed by atoms with van der Waals surface area (Å²) in [4.78, 5) is 4.74. The van der Waals surface area contributed by atoms with E-state index < -0.39 is 0 Å². The number of aromatic nitrogens is 1. The molecule has 0 N–H and O–H groups in total. The first-order chi connectivity index (χ1) is 26.6. The lowest BCUT2D eigenvalue weighted by Crippen LogP contribution is -2.16. The maximum Gasteiger partial charge on any atom is 0.0542 e. The SMILES string of the molecule is CC1(C)c2ccccc2-c2ccc(N(c3ccc(N(c4ccccc4)c4ccccc4)cc3)c3ccc4c(c3)c3ccccc3n4-c3ccccc3)cc21. The van der Waals surface area contributed by atoms with Gasteiger partial charge in [0.25, 0.3) is 0 Å². The third-order valence-corrected chi connectivity index (χ3v) is 11.1. The van der Waals surface area contributed by atoms with Crippen LogP contribution in [0.15, 0.2) is 200 Å². The first kappa shape index (κ1) is 31.9. The number of nitrogens with zero attached hydrogens (tertiary/aromatic N) is 3. The summed E-state index contributed by atoms with van der Waals surface area (Å²) in [7, 11) is 0. The lowest BCUT2D eigenvalue weighted by molar-refractivity contribution is 0.660. The van der Waals surface area contributed by atoms with Gasteiger partial charge in [0.05, 0.1) is 11.0 Å². The molecule has 1 heterocycles. The summed E-state index contributed by atoms with van der Waals surface area (Å²) in [6, 6.07) is 72.5. The fraction of sp³-hybridized carbons (Fsp3) is 0.0588. The molecule has 0 bridgehead atoms. The highest BCUT2D eigenvalue weighted by atomic mass is 15.2. The van der Waals surface area contributed by atoms with Gasteiger partial charge in [-0.15, -0.1) is 0 Å². The minimum Gasteiger partial charge on any atom is -0.311 e. The molecule has 54 heavy (non-hydrogen) atoms. The van der Waals surface area contributed by atoms with Crippen molar-refractivity contribution >= 4 is 55.9 Å². The Morgan fingerprint density at radius 1 is 0.352 bits per heavy atom. The van der Waals surface area contributed by atoms with Crippen LogP contribution in [-0.4, -0.2) is 4.57 Å². The van der Waals surface area contributed by atoms with Gasteiger partial charge in [-0.25, -0.2) is 0 Å². The van der Waals surface area contributed by atoms with Crippen LogP contribution in [-0.2, 0) is 5.41 Å². The van der Waals surface area contributed by atoms with Crippen molar-refractivity contribution in [3.05, 3.63) is 211 Å². The first-order valence-electron chi connectivity index (χ1n) is 18.7. The first-order valence-corrected chi connectivity index (χ1v) is 18.7. The van der Waals surface area contributed by atoms with Crippen molar-refractivity contribution < 1.29 is 0 Å².